The van der Waals surface area contributed by atoms with E-state index in [-0.39, 0.29) is 23.9 Å². The lowest BCUT2D eigenvalue weighted by atomic mass is 10.1. The van der Waals surface area contributed by atoms with Crippen LogP contribution in [0.2, 0.25) is 5.04 Å². The van der Waals surface area contributed by atoms with E-state index in [0.29, 0.717) is 6.42 Å². The number of ether oxygens (including phenoxy) is 2. The Morgan fingerprint density at radius 3 is 2.13 bits per heavy atom. The van der Waals surface area contributed by atoms with Gasteiger partial charge in [-0.05, 0) is 21.5 Å². The Morgan fingerprint density at radius 1 is 1.10 bits per heavy atom. The van der Waals surface area contributed by atoms with Crippen molar-refractivity contribution in [1.82, 2.24) is 0 Å². The molecular formula is C25H32O5Si. The topological polar surface area (TPSA) is 68.3 Å². The number of rotatable bonds is 9. The molecule has 1 saturated heterocycles. The molecule has 1 aliphatic heterocycles. The minimum absolute atomic E-state index is 0.112. The zero-order valence-electron chi connectivity index (χ0n) is 18.7. The molecule has 6 heteroatoms. The van der Waals surface area contributed by atoms with Crippen molar-refractivity contribution in [3.8, 4) is 0 Å². The smallest absolute Gasteiger partial charge is 0.330 e. The van der Waals surface area contributed by atoms with Crippen LogP contribution in [0.3, 0.4) is 0 Å². The number of hydrogen-bond acceptors (Lipinski definition) is 5. The summed E-state index contributed by atoms with van der Waals surface area (Å²) in [5.74, 6) is -0.412. The van der Waals surface area contributed by atoms with Gasteiger partial charge in [-0.25, -0.2) is 4.79 Å². The molecule has 5 nitrogen and oxygen atoms in total. The van der Waals surface area contributed by atoms with Gasteiger partial charge in [-0.15, -0.1) is 0 Å². The van der Waals surface area contributed by atoms with Crippen molar-refractivity contribution in [1.29, 1.82) is 0 Å². The highest BCUT2D eigenvalue weighted by Crippen LogP contribution is 2.37. The van der Waals surface area contributed by atoms with Crippen molar-refractivity contribution in [3.05, 3.63) is 72.8 Å². The number of carbonyl (C=O) groups excluding carboxylic acids is 1. The van der Waals surface area contributed by atoms with Crippen molar-refractivity contribution in [2.75, 3.05) is 13.7 Å². The molecule has 0 aromatic heterocycles. The largest absolute Gasteiger partial charge is 0.466 e. The maximum atomic E-state index is 11.2. The van der Waals surface area contributed by atoms with Crippen LogP contribution in [0.5, 0.6) is 0 Å². The normalized spacial score (nSPS) is 19.9. The number of aliphatic hydroxyl groups is 1. The van der Waals surface area contributed by atoms with Gasteiger partial charge in [0.2, 0.25) is 0 Å². The van der Waals surface area contributed by atoms with Crippen molar-refractivity contribution >= 4 is 24.7 Å². The van der Waals surface area contributed by atoms with Crippen molar-refractivity contribution in [3.63, 3.8) is 0 Å². The van der Waals surface area contributed by atoms with E-state index in [1.54, 1.807) is 6.08 Å². The SMILES string of the molecule is COC(=O)/C=C/[C@H]1O[C@H]1C[C@H](O)CO[Si](c1ccccc1)(c1ccccc1)C(C)(C)C. The third-order valence-electron chi connectivity index (χ3n) is 5.66. The van der Waals surface area contributed by atoms with E-state index < -0.39 is 20.4 Å². The molecule has 31 heavy (non-hydrogen) atoms. The van der Waals surface area contributed by atoms with Gasteiger partial charge < -0.3 is 19.0 Å². The maximum Gasteiger partial charge on any atom is 0.330 e. The molecule has 3 atom stereocenters. The lowest BCUT2D eigenvalue weighted by molar-refractivity contribution is -0.134. The van der Waals surface area contributed by atoms with Crippen LogP contribution in [0.15, 0.2) is 72.8 Å². The first-order chi connectivity index (χ1) is 14.8. The monoisotopic (exact) mass is 440 g/mol. The predicted octanol–water partition coefficient (Wildman–Crippen LogP) is 2.81. The second-order valence-electron chi connectivity index (χ2n) is 8.89. The van der Waals surface area contributed by atoms with Crippen molar-refractivity contribution < 1.29 is 23.8 Å². The number of methoxy groups -OCH3 is 1. The molecule has 3 rings (SSSR count). The van der Waals surface area contributed by atoms with Crippen LogP contribution in [0.4, 0.5) is 0 Å². The van der Waals surface area contributed by atoms with E-state index in [4.69, 9.17) is 9.16 Å². The van der Waals surface area contributed by atoms with E-state index in [1.165, 1.54) is 23.6 Å². The summed E-state index contributed by atoms with van der Waals surface area (Å²) >= 11 is 0. The Bertz CT molecular complexity index is 836. The molecule has 2 aromatic rings. The summed E-state index contributed by atoms with van der Waals surface area (Å²) in [6.45, 7) is 6.86. The minimum atomic E-state index is -2.67. The Morgan fingerprint density at radius 2 is 1.65 bits per heavy atom. The van der Waals surface area contributed by atoms with E-state index in [9.17, 15) is 9.90 Å². The third-order valence-corrected chi connectivity index (χ3v) is 10.7. The molecule has 0 spiro atoms. The molecule has 1 fully saturated rings. The third kappa shape index (κ3) is 5.52. The van der Waals surface area contributed by atoms with E-state index >= 15 is 0 Å². The summed E-state index contributed by atoms with van der Waals surface area (Å²) in [5, 5.41) is 12.9. The zero-order valence-corrected chi connectivity index (χ0v) is 19.7. The van der Waals surface area contributed by atoms with Gasteiger partial charge >= 0.3 is 5.97 Å². The molecule has 0 unspecified atom stereocenters. The number of carbonyl (C=O) groups is 1. The van der Waals surface area contributed by atoms with Crippen molar-refractivity contribution in [2.24, 2.45) is 0 Å². The van der Waals surface area contributed by atoms with E-state index in [2.05, 4.69) is 49.8 Å². The van der Waals surface area contributed by atoms with Crippen LogP contribution >= 0.6 is 0 Å². The van der Waals surface area contributed by atoms with Crippen LogP contribution in [0, 0.1) is 0 Å². The fraction of sp³-hybridized carbons (Fsp3) is 0.400. The number of esters is 1. The number of aliphatic hydroxyl groups excluding tert-OH is 1. The molecule has 166 valence electrons. The van der Waals surface area contributed by atoms with Gasteiger partial charge in [0.15, 0.2) is 0 Å². The quantitative estimate of drug-likeness (QED) is 0.281. The average Bonchev–Trinajstić information content (AvgIpc) is 3.50. The van der Waals surface area contributed by atoms with Crippen LogP contribution in [-0.2, 0) is 18.7 Å². The Hall–Kier alpha value is -2.25. The highest BCUT2D eigenvalue weighted by molar-refractivity contribution is 6.99. The van der Waals surface area contributed by atoms with E-state index in [0.717, 1.165) is 0 Å². The standard InChI is InChI=1S/C25H32O5Si/c1-25(2,3)31(20-11-7-5-8-12-20,21-13-9-6-10-14-21)29-18-19(26)17-23-22(30-23)15-16-24(27)28-4/h5-16,19,22-23,26H,17-18H2,1-4H3/b16-15+/t19-,22+,23-/m0/s1. The van der Waals surface area contributed by atoms with Crippen LogP contribution in [-0.4, -0.2) is 51.4 Å². The van der Waals surface area contributed by atoms with Crippen LogP contribution in [0.1, 0.15) is 27.2 Å². The van der Waals surface area contributed by atoms with E-state index in [1.807, 2.05) is 36.4 Å². The Balaban J connectivity index is 1.76. The van der Waals surface area contributed by atoms with Gasteiger partial charge in [0.1, 0.15) is 6.10 Å². The summed E-state index contributed by atoms with van der Waals surface area (Å²) in [4.78, 5) is 11.2. The number of benzene rings is 2. The van der Waals surface area contributed by atoms with Gasteiger partial charge in [0.05, 0.1) is 25.9 Å². The molecule has 1 aliphatic rings. The van der Waals surface area contributed by atoms with Gasteiger partial charge in [0, 0.05) is 12.5 Å². The fourth-order valence-corrected chi connectivity index (χ4v) is 8.67. The highest BCUT2D eigenvalue weighted by atomic mass is 28.4. The second-order valence-corrected chi connectivity index (χ2v) is 13.2. The first-order valence-corrected chi connectivity index (χ1v) is 12.5. The summed E-state index contributed by atoms with van der Waals surface area (Å²) < 4.78 is 16.9. The lowest BCUT2D eigenvalue weighted by Crippen LogP contribution is -2.67. The summed E-state index contributed by atoms with van der Waals surface area (Å²) in [6, 6.07) is 20.7. The molecule has 1 heterocycles. The van der Waals surface area contributed by atoms with Crippen LogP contribution < -0.4 is 10.4 Å². The first-order valence-electron chi connectivity index (χ1n) is 10.6. The minimum Gasteiger partial charge on any atom is -0.466 e. The highest BCUT2D eigenvalue weighted by Gasteiger charge is 2.50. The lowest BCUT2D eigenvalue weighted by Gasteiger charge is -2.43. The number of epoxide rings is 1. The molecule has 1 N–H and O–H groups in total. The Kier molecular flexibility index (Phi) is 7.49. The van der Waals surface area contributed by atoms with Gasteiger partial charge in [-0.3, -0.25) is 0 Å². The molecule has 0 aliphatic carbocycles. The summed E-state index contributed by atoms with van der Waals surface area (Å²) in [6.07, 6.45) is 2.54. The second kappa shape index (κ2) is 9.91. The summed E-state index contributed by atoms with van der Waals surface area (Å²) in [7, 11) is -1.33. The molecule has 0 saturated carbocycles. The summed E-state index contributed by atoms with van der Waals surface area (Å²) in [5.41, 5.74) is 0. The average molecular weight is 441 g/mol. The van der Waals surface area contributed by atoms with Crippen LogP contribution in [0.25, 0.3) is 0 Å². The zero-order chi connectivity index (χ0) is 22.5. The molecule has 2 aromatic carbocycles. The predicted molar refractivity (Wildman–Crippen MR) is 124 cm³/mol. The molecule has 0 radical (unpaired) electrons. The molecule has 0 bridgehead atoms. The van der Waals surface area contributed by atoms with Gasteiger partial charge in [-0.2, -0.15) is 0 Å². The number of hydrogen-bond donors (Lipinski definition) is 1. The van der Waals surface area contributed by atoms with Gasteiger partial charge in [0.25, 0.3) is 8.32 Å². The fourth-order valence-electron chi connectivity index (χ4n) is 4.08. The first kappa shape index (κ1) is 23.4. The maximum absolute atomic E-state index is 11.2. The van der Waals surface area contributed by atoms with Crippen molar-refractivity contribution in [2.45, 2.75) is 50.5 Å². The molecular weight excluding hydrogens is 408 g/mol. The molecule has 0 amide bonds. The van der Waals surface area contributed by atoms with Gasteiger partial charge in [-0.1, -0.05) is 81.4 Å². The Labute approximate surface area is 185 Å².